The third-order valence-corrected chi connectivity index (χ3v) is 5.45. The highest BCUT2D eigenvalue weighted by Gasteiger charge is 2.30. The Labute approximate surface area is 152 Å². The van der Waals surface area contributed by atoms with Crippen LogP contribution in [-0.2, 0) is 11.2 Å². The van der Waals surface area contributed by atoms with Crippen molar-refractivity contribution in [3.05, 3.63) is 36.4 Å². The molecule has 1 N–H and O–H groups in total. The van der Waals surface area contributed by atoms with Crippen LogP contribution in [0, 0.1) is 5.92 Å². The molecule has 1 aliphatic carbocycles. The molecule has 1 atom stereocenters. The number of ether oxygens (including phenoxy) is 2. The van der Waals surface area contributed by atoms with Gasteiger partial charge in [-0.25, -0.2) is 0 Å². The van der Waals surface area contributed by atoms with Gasteiger partial charge in [-0.2, -0.15) is 0 Å². The first-order valence-corrected chi connectivity index (χ1v) is 9.17. The second-order valence-electron chi connectivity index (χ2n) is 7.08. The van der Waals surface area contributed by atoms with Crippen LogP contribution in [0.5, 0.6) is 11.5 Å². The number of aromatic nitrogens is 3. The third kappa shape index (κ3) is 3.38. The Morgan fingerprint density at radius 1 is 1.23 bits per heavy atom. The zero-order chi connectivity index (χ0) is 17.9. The maximum Gasteiger partial charge on any atom is 0.227 e. The van der Waals surface area contributed by atoms with Gasteiger partial charge in [0, 0.05) is 12.1 Å². The van der Waals surface area contributed by atoms with E-state index in [0.717, 1.165) is 42.7 Å². The molecular formula is C19H24N4O3. The highest BCUT2D eigenvalue weighted by atomic mass is 16.5. The summed E-state index contributed by atoms with van der Waals surface area (Å²) in [5, 5.41) is 11.0. The Hall–Kier alpha value is -2.57. The van der Waals surface area contributed by atoms with Gasteiger partial charge in [0.15, 0.2) is 11.5 Å². The number of hydrogen-bond donors (Lipinski definition) is 1. The number of amides is 1. The minimum atomic E-state index is -0.148. The standard InChI is InChI=1S/C19H24N4O3/c1-25-17-4-2-3-13-9-14(10-26-18(13)17)19(24)22-15-5-7-16(8-6-15)23-11-20-21-12-23/h2-4,11-12,14-16H,5-10H2,1H3,(H,22,24)/t14-,15?,16?/m0/s1. The van der Waals surface area contributed by atoms with Crippen molar-refractivity contribution in [1.29, 1.82) is 0 Å². The number of methoxy groups -OCH3 is 1. The quantitative estimate of drug-likeness (QED) is 0.908. The fourth-order valence-corrected chi connectivity index (χ4v) is 3.96. The molecule has 1 fully saturated rings. The Bertz CT molecular complexity index is 754. The van der Waals surface area contributed by atoms with E-state index in [1.54, 1.807) is 19.8 Å². The second-order valence-corrected chi connectivity index (χ2v) is 7.08. The average molecular weight is 356 g/mol. The Morgan fingerprint density at radius 2 is 2.00 bits per heavy atom. The van der Waals surface area contributed by atoms with Crippen LogP contribution in [-0.4, -0.2) is 40.4 Å². The average Bonchev–Trinajstić information content (AvgIpc) is 3.22. The van der Waals surface area contributed by atoms with E-state index >= 15 is 0 Å². The molecule has 1 aromatic carbocycles. The van der Waals surface area contributed by atoms with Crippen molar-refractivity contribution in [2.75, 3.05) is 13.7 Å². The fourth-order valence-electron chi connectivity index (χ4n) is 3.96. The number of nitrogens with zero attached hydrogens (tertiary/aromatic N) is 3. The van der Waals surface area contributed by atoms with E-state index in [1.807, 2.05) is 18.2 Å². The molecule has 26 heavy (non-hydrogen) atoms. The number of nitrogens with one attached hydrogen (secondary N) is 1. The monoisotopic (exact) mass is 356 g/mol. The van der Waals surface area contributed by atoms with Crippen molar-refractivity contribution in [2.45, 2.75) is 44.2 Å². The number of rotatable bonds is 4. The first-order chi connectivity index (χ1) is 12.7. The van der Waals surface area contributed by atoms with Crippen molar-refractivity contribution in [2.24, 2.45) is 5.92 Å². The van der Waals surface area contributed by atoms with Gasteiger partial charge in [-0.3, -0.25) is 4.79 Å². The van der Waals surface area contributed by atoms with Crippen LogP contribution >= 0.6 is 0 Å². The normalized spacial score (nSPS) is 25.0. The van der Waals surface area contributed by atoms with Gasteiger partial charge in [0.1, 0.15) is 19.3 Å². The predicted molar refractivity (Wildman–Crippen MR) is 95.1 cm³/mol. The summed E-state index contributed by atoms with van der Waals surface area (Å²) in [7, 11) is 1.63. The molecular weight excluding hydrogens is 332 g/mol. The second kappa shape index (κ2) is 7.35. The van der Waals surface area contributed by atoms with Crippen LogP contribution in [0.1, 0.15) is 37.3 Å². The molecule has 138 valence electrons. The molecule has 1 aromatic heterocycles. The lowest BCUT2D eigenvalue weighted by Gasteiger charge is -2.31. The van der Waals surface area contributed by atoms with Crippen LogP contribution in [0.15, 0.2) is 30.9 Å². The van der Waals surface area contributed by atoms with E-state index in [9.17, 15) is 4.79 Å². The molecule has 2 aromatic rings. The topological polar surface area (TPSA) is 78.3 Å². The van der Waals surface area contributed by atoms with Gasteiger partial charge >= 0.3 is 0 Å². The molecule has 1 aliphatic heterocycles. The summed E-state index contributed by atoms with van der Waals surface area (Å²) in [6.07, 6.45) is 8.26. The van der Waals surface area contributed by atoms with Crippen LogP contribution in [0.4, 0.5) is 0 Å². The lowest BCUT2D eigenvalue weighted by molar-refractivity contribution is -0.127. The van der Waals surface area contributed by atoms with Crippen molar-refractivity contribution in [3.63, 3.8) is 0 Å². The molecule has 2 heterocycles. The molecule has 7 heteroatoms. The molecule has 0 bridgehead atoms. The Balaban J connectivity index is 1.32. The van der Waals surface area contributed by atoms with Gasteiger partial charge in [0.25, 0.3) is 0 Å². The number of para-hydroxylation sites is 1. The molecule has 1 amide bonds. The van der Waals surface area contributed by atoms with Gasteiger partial charge < -0.3 is 19.4 Å². The van der Waals surface area contributed by atoms with Gasteiger partial charge in [-0.05, 0) is 43.7 Å². The number of carbonyl (C=O) groups is 1. The summed E-state index contributed by atoms with van der Waals surface area (Å²) in [5.41, 5.74) is 1.03. The summed E-state index contributed by atoms with van der Waals surface area (Å²) in [6, 6.07) is 6.50. The van der Waals surface area contributed by atoms with Gasteiger partial charge in [-0.1, -0.05) is 12.1 Å². The van der Waals surface area contributed by atoms with Crippen molar-refractivity contribution in [3.8, 4) is 11.5 Å². The smallest absolute Gasteiger partial charge is 0.227 e. The molecule has 0 saturated heterocycles. The van der Waals surface area contributed by atoms with E-state index in [-0.39, 0.29) is 17.9 Å². The molecule has 7 nitrogen and oxygen atoms in total. The van der Waals surface area contributed by atoms with E-state index < -0.39 is 0 Å². The fraction of sp³-hybridized carbons (Fsp3) is 0.526. The molecule has 4 rings (SSSR count). The summed E-state index contributed by atoms with van der Waals surface area (Å²) in [4.78, 5) is 12.7. The van der Waals surface area contributed by atoms with Crippen molar-refractivity contribution in [1.82, 2.24) is 20.1 Å². The number of fused-ring (bicyclic) bond motifs is 1. The predicted octanol–water partition coefficient (Wildman–Crippen LogP) is 2.14. The lowest BCUT2D eigenvalue weighted by atomic mass is 9.90. The van der Waals surface area contributed by atoms with Crippen LogP contribution in [0.2, 0.25) is 0 Å². The summed E-state index contributed by atoms with van der Waals surface area (Å²) in [5.74, 6) is 1.44. The van der Waals surface area contributed by atoms with E-state index in [4.69, 9.17) is 9.47 Å². The van der Waals surface area contributed by atoms with Gasteiger partial charge in [-0.15, -0.1) is 10.2 Å². The number of carbonyl (C=O) groups excluding carboxylic acids is 1. The summed E-state index contributed by atoms with van der Waals surface area (Å²) < 4.78 is 13.2. The van der Waals surface area contributed by atoms with Gasteiger partial charge in [0.2, 0.25) is 5.91 Å². The largest absolute Gasteiger partial charge is 0.493 e. The number of hydrogen-bond acceptors (Lipinski definition) is 5. The molecule has 2 aliphatic rings. The Kier molecular flexibility index (Phi) is 4.77. The van der Waals surface area contributed by atoms with E-state index in [0.29, 0.717) is 19.1 Å². The highest BCUT2D eigenvalue weighted by Crippen LogP contribution is 2.36. The van der Waals surface area contributed by atoms with Crippen LogP contribution < -0.4 is 14.8 Å². The summed E-state index contributed by atoms with van der Waals surface area (Å²) in [6.45, 7) is 0.398. The maximum absolute atomic E-state index is 12.7. The maximum atomic E-state index is 12.7. The SMILES string of the molecule is COc1cccc2c1OC[C@@H](C(=O)NC1CCC(n3cnnc3)CC1)C2. The van der Waals surface area contributed by atoms with Crippen LogP contribution in [0.25, 0.3) is 0 Å². The van der Waals surface area contributed by atoms with Crippen LogP contribution in [0.3, 0.4) is 0 Å². The molecule has 1 saturated carbocycles. The molecule has 0 spiro atoms. The first-order valence-electron chi connectivity index (χ1n) is 9.17. The van der Waals surface area contributed by atoms with Gasteiger partial charge in [0.05, 0.1) is 13.0 Å². The van der Waals surface area contributed by atoms with Crippen molar-refractivity contribution < 1.29 is 14.3 Å². The van der Waals surface area contributed by atoms with E-state index in [1.165, 1.54) is 0 Å². The number of benzene rings is 1. The highest BCUT2D eigenvalue weighted by molar-refractivity contribution is 5.80. The first kappa shape index (κ1) is 16.9. The zero-order valence-corrected chi connectivity index (χ0v) is 14.9. The lowest BCUT2D eigenvalue weighted by Crippen LogP contribution is -2.44. The minimum absolute atomic E-state index is 0.0891. The zero-order valence-electron chi connectivity index (χ0n) is 14.9. The molecule has 0 unspecified atom stereocenters. The minimum Gasteiger partial charge on any atom is -0.493 e. The van der Waals surface area contributed by atoms with E-state index in [2.05, 4.69) is 20.1 Å². The van der Waals surface area contributed by atoms with Crippen molar-refractivity contribution >= 4 is 5.91 Å². The summed E-state index contributed by atoms with van der Waals surface area (Å²) >= 11 is 0. The molecule has 0 radical (unpaired) electrons. The third-order valence-electron chi connectivity index (χ3n) is 5.45. The Morgan fingerprint density at radius 3 is 2.73 bits per heavy atom.